The first-order valence-corrected chi connectivity index (χ1v) is 5.45. The minimum absolute atomic E-state index is 0.204. The van der Waals surface area contributed by atoms with Crippen LogP contribution >= 0.6 is 0 Å². The van der Waals surface area contributed by atoms with Gasteiger partial charge >= 0.3 is 0 Å². The first-order valence-electron chi connectivity index (χ1n) is 5.45. The molecule has 0 radical (unpaired) electrons. The number of rotatable bonds is 3. The van der Waals surface area contributed by atoms with Crippen LogP contribution in [0.25, 0.3) is 0 Å². The van der Waals surface area contributed by atoms with Crippen LogP contribution in [0, 0.1) is 15.5 Å². The van der Waals surface area contributed by atoms with Crippen molar-refractivity contribution in [2.24, 2.45) is 5.41 Å². The summed E-state index contributed by atoms with van der Waals surface area (Å²) in [7, 11) is 0. The fraction of sp³-hybridized carbons (Fsp3) is 0.417. The number of carbonyl (C=O) groups is 1. The average molecular weight is 252 g/mol. The van der Waals surface area contributed by atoms with E-state index in [2.05, 4.69) is 5.32 Å². The van der Waals surface area contributed by atoms with Gasteiger partial charge in [0.2, 0.25) is 5.91 Å². The topological polar surface area (TPSA) is 92.5 Å². The Hall–Kier alpha value is -1.95. The molecule has 0 saturated heterocycles. The molecule has 0 atom stereocenters. The van der Waals surface area contributed by atoms with E-state index < -0.39 is 16.9 Å². The smallest absolute Gasteiger partial charge is 0.276 e. The van der Waals surface area contributed by atoms with Crippen LogP contribution in [0.3, 0.4) is 0 Å². The molecule has 0 aliphatic rings. The Morgan fingerprint density at radius 3 is 2.50 bits per heavy atom. The summed E-state index contributed by atoms with van der Waals surface area (Å²) in [6, 6.07) is 4.20. The number of nitro groups is 1. The summed E-state index contributed by atoms with van der Waals surface area (Å²) in [5, 5.41) is 22.4. The molecule has 0 aliphatic carbocycles. The lowest BCUT2D eigenvalue weighted by molar-refractivity contribution is -0.385. The Balaban J connectivity index is 3.03. The van der Waals surface area contributed by atoms with Gasteiger partial charge < -0.3 is 10.4 Å². The molecule has 1 rings (SSSR count). The maximum Gasteiger partial charge on any atom is 0.276 e. The Kier molecular flexibility index (Phi) is 4.03. The minimum Gasteiger partial charge on any atom is -0.391 e. The normalized spacial score (nSPS) is 11.1. The molecular weight excluding hydrogens is 236 g/mol. The molecule has 1 aromatic carbocycles. The third kappa shape index (κ3) is 3.27. The second kappa shape index (κ2) is 5.14. The molecule has 0 aromatic heterocycles. The van der Waals surface area contributed by atoms with E-state index in [1.165, 1.54) is 18.2 Å². The van der Waals surface area contributed by atoms with Crippen LogP contribution in [0.15, 0.2) is 18.2 Å². The molecule has 0 bridgehead atoms. The summed E-state index contributed by atoms with van der Waals surface area (Å²) in [6.07, 6.45) is 0. The number of anilines is 1. The summed E-state index contributed by atoms with van der Waals surface area (Å²) in [4.78, 5) is 22.0. The summed E-state index contributed by atoms with van der Waals surface area (Å²) in [5.41, 5.74) is -0.221. The second-order valence-electron chi connectivity index (χ2n) is 4.96. The van der Waals surface area contributed by atoms with Crippen molar-refractivity contribution in [1.29, 1.82) is 0 Å². The number of nitro benzene ring substituents is 1. The molecule has 0 spiro atoms. The molecule has 0 aliphatic heterocycles. The van der Waals surface area contributed by atoms with Crippen LogP contribution in [0.5, 0.6) is 0 Å². The molecule has 1 amide bonds. The second-order valence-corrected chi connectivity index (χ2v) is 4.96. The lowest BCUT2D eigenvalue weighted by Gasteiger charge is -2.17. The van der Waals surface area contributed by atoms with Gasteiger partial charge in [-0.25, -0.2) is 0 Å². The van der Waals surface area contributed by atoms with Crippen molar-refractivity contribution in [2.45, 2.75) is 27.4 Å². The van der Waals surface area contributed by atoms with Gasteiger partial charge in [0.15, 0.2) is 0 Å². The monoisotopic (exact) mass is 252 g/mol. The van der Waals surface area contributed by atoms with Crippen LogP contribution in [0.2, 0.25) is 0 Å². The highest BCUT2D eigenvalue weighted by Crippen LogP contribution is 2.24. The number of nitrogens with zero attached hydrogens (tertiary/aromatic N) is 1. The van der Waals surface area contributed by atoms with Gasteiger partial charge in [0.25, 0.3) is 5.69 Å². The van der Waals surface area contributed by atoms with Crippen molar-refractivity contribution in [1.82, 2.24) is 0 Å². The van der Waals surface area contributed by atoms with E-state index >= 15 is 0 Å². The Labute approximate surface area is 105 Å². The van der Waals surface area contributed by atoms with Gasteiger partial charge in [-0.05, 0) is 12.1 Å². The predicted octanol–water partition coefficient (Wildman–Crippen LogP) is 2.07. The van der Waals surface area contributed by atoms with Gasteiger partial charge in [-0.3, -0.25) is 14.9 Å². The number of hydrogen-bond acceptors (Lipinski definition) is 4. The van der Waals surface area contributed by atoms with E-state index in [1.807, 2.05) is 0 Å². The van der Waals surface area contributed by atoms with Gasteiger partial charge in [0.1, 0.15) is 0 Å². The zero-order valence-electron chi connectivity index (χ0n) is 10.6. The Bertz CT molecular complexity index is 477. The van der Waals surface area contributed by atoms with Gasteiger partial charge in [-0.2, -0.15) is 0 Å². The van der Waals surface area contributed by atoms with Crippen molar-refractivity contribution in [3.8, 4) is 0 Å². The number of hydrogen-bond donors (Lipinski definition) is 2. The van der Waals surface area contributed by atoms with E-state index in [0.29, 0.717) is 5.69 Å². The number of nitrogens with one attached hydrogen (secondary N) is 1. The molecular formula is C12H16N2O4. The van der Waals surface area contributed by atoms with Crippen molar-refractivity contribution in [3.05, 3.63) is 33.9 Å². The van der Waals surface area contributed by atoms with Gasteiger partial charge in [-0.15, -0.1) is 0 Å². The molecule has 6 nitrogen and oxygen atoms in total. The minimum atomic E-state index is -0.585. The van der Waals surface area contributed by atoms with Crippen molar-refractivity contribution in [2.75, 3.05) is 5.32 Å². The molecule has 18 heavy (non-hydrogen) atoms. The van der Waals surface area contributed by atoms with Crippen LogP contribution in [-0.4, -0.2) is 15.9 Å². The highest BCUT2D eigenvalue weighted by atomic mass is 16.6. The molecule has 98 valence electrons. The van der Waals surface area contributed by atoms with E-state index in [-0.39, 0.29) is 17.2 Å². The van der Waals surface area contributed by atoms with Crippen LogP contribution < -0.4 is 5.32 Å². The molecule has 0 fully saturated rings. The molecule has 0 saturated carbocycles. The van der Waals surface area contributed by atoms with Crippen LogP contribution in [0.4, 0.5) is 11.4 Å². The fourth-order valence-electron chi connectivity index (χ4n) is 1.26. The third-order valence-corrected chi connectivity index (χ3v) is 2.39. The average Bonchev–Trinajstić information content (AvgIpc) is 2.27. The highest BCUT2D eigenvalue weighted by molar-refractivity contribution is 5.94. The third-order valence-electron chi connectivity index (χ3n) is 2.39. The standard InChI is InChI=1S/C12H16N2O4/c1-12(2,3)11(16)13-9-5-4-8(7-15)10(6-9)14(17)18/h4-6,15H,7H2,1-3H3,(H,13,16). The van der Waals surface area contributed by atoms with E-state index in [0.717, 1.165) is 0 Å². The number of aliphatic hydroxyl groups is 1. The van der Waals surface area contributed by atoms with Crippen molar-refractivity contribution < 1.29 is 14.8 Å². The number of amides is 1. The first-order chi connectivity index (χ1) is 8.25. The molecule has 1 aromatic rings. The van der Waals surface area contributed by atoms with Crippen molar-refractivity contribution >= 4 is 17.3 Å². The summed E-state index contributed by atoms with van der Waals surface area (Å²) in [6.45, 7) is 4.83. The lowest BCUT2D eigenvalue weighted by atomic mass is 9.95. The first kappa shape index (κ1) is 14.1. The zero-order chi connectivity index (χ0) is 13.9. The number of carbonyl (C=O) groups excluding carboxylic acids is 1. The fourth-order valence-corrected chi connectivity index (χ4v) is 1.26. The summed E-state index contributed by atoms with van der Waals surface area (Å²) >= 11 is 0. The van der Waals surface area contributed by atoms with Gasteiger partial charge in [0, 0.05) is 17.2 Å². The van der Waals surface area contributed by atoms with Crippen molar-refractivity contribution in [3.63, 3.8) is 0 Å². The number of benzene rings is 1. The SMILES string of the molecule is CC(C)(C)C(=O)Nc1ccc(CO)c([N+](=O)[O-])c1. The zero-order valence-corrected chi connectivity index (χ0v) is 10.6. The molecule has 2 N–H and O–H groups in total. The quantitative estimate of drug-likeness (QED) is 0.636. The van der Waals surface area contributed by atoms with E-state index in [9.17, 15) is 14.9 Å². The van der Waals surface area contributed by atoms with E-state index in [4.69, 9.17) is 5.11 Å². The predicted molar refractivity (Wildman–Crippen MR) is 67.1 cm³/mol. The Morgan fingerprint density at radius 2 is 2.06 bits per heavy atom. The van der Waals surface area contributed by atoms with Gasteiger partial charge in [-0.1, -0.05) is 20.8 Å². The molecule has 0 heterocycles. The summed E-state index contributed by atoms with van der Waals surface area (Å²) < 4.78 is 0. The largest absolute Gasteiger partial charge is 0.391 e. The lowest BCUT2D eigenvalue weighted by Crippen LogP contribution is -2.27. The summed E-state index contributed by atoms with van der Waals surface area (Å²) in [5.74, 6) is -0.228. The maximum absolute atomic E-state index is 11.7. The Morgan fingerprint density at radius 1 is 1.44 bits per heavy atom. The van der Waals surface area contributed by atoms with E-state index in [1.54, 1.807) is 20.8 Å². The van der Waals surface area contributed by atoms with Crippen LogP contribution in [0.1, 0.15) is 26.3 Å². The molecule has 6 heteroatoms. The number of aliphatic hydroxyl groups excluding tert-OH is 1. The maximum atomic E-state index is 11.7. The van der Waals surface area contributed by atoms with Crippen LogP contribution in [-0.2, 0) is 11.4 Å². The highest BCUT2D eigenvalue weighted by Gasteiger charge is 2.22. The molecule has 0 unspecified atom stereocenters. The van der Waals surface area contributed by atoms with Gasteiger partial charge in [0.05, 0.1) is 17.1 Å².